The van der Waals surface area contributed by atoms with Crippen molar-refractivity contribution in [2.45, 2.75) is 39.3 Å². The molecule has 0 saturated carbocycles. The first kappa shape index (κ1) is 22.5. The van der Waals surface area contributed by atoms with Crippen LogP contribution in [0.2, 0.25) is 15.1 Å². The van der Waals surface area contributed by atoms with E-state index in [1.807, 2.05) is 25.1 Å². The summed E-state index contributed by atoms with van der Waals surface area (Å²) in [7, 11) is 0. The summed E-state index contributed by atoms with van der Waals surface area (Å²) >= 11 is 18.4. The zero-order chi connectivity index (χ0) is 20.7. The van der Waals surface area contributed by atoms with Gasteiger partial charge >= 0.3 is 0 Å². The summed E-state index contributed by atoms with van der Waals surface area (Å²) in [5, 5.41) is 4.31. The standard InChI is InChI=1S/C21H23Cl3N2O2/c1-3-10-25-21(28)14(2)26(13-16-6-4-5-7-18(16)23)20(27)11-15-8-9-17(22)12-19(15)24/h4-9,12,14H,3,10-11,13H2,1-2H3,(H,25,28)/t14-/m1/s1. The Morgan fingerprint density at radius 2 is 1.75 bits per heavy atom. The summed E-state index contributed by atoms with van der Waals surface area (Å²) < 4.78 is 0. The van der Waals surface area contributed by atoms with Gasteiger partial charge in [0.25, 0.3) is 0 Å². The molecule has 0 spiro atoms. The van der Waals surface area contributed by atoms with E-state index in [9.17, 15) is 9.59 Å². The SMILES string of the molecule is CCCNC(=O)[C@@H](C)N(Cc1ccccc1Cl)C(=O)Cc1ccc(Cl)cc1Cl. The Balaban J connectivity index is 2.26. The Morgan fingerprint density at radius 3 is 2.39 bits per heavy atom. The van der Waals surface area contributed by atoms with Gasteiger partial charge in [-0.1, -0.05) is 66.0 Å². The van der Waals surface area contributed by atoms with Crippen LogP contribution in [0.3, 0.4) is 0 Å². The van der Waals surface area contributed by atoms with Gasteiger partial charge in [-0.15, -0.1) is 0 Å². The molecule has 0 radical (unpaired) electrons. The van der Waals surface area contributed by atoms with Gasteiger partial charge in [0.15, 0.2) is 0 Å². The largest absolute Gasteiger partial charge is 0.354 e. The van der Waals surface area contributed by atoms with E-state index in [0.717, 1.165) is 12.0 Å². The first-order valence-corrected chi connectivity index (χ1v) is 10.2. The maximum absolute atomic E-state index is 13.1. The highest BCUT2D eigenvalue weighted by molar-refractivity contribution is 6.35. The number of nitrogens with zero attached hydrogens (tertiary/aromatic N) is 1. The second-order valence-electron chi connectivity index (χ2n) is 6.49. The summed E-state index contributed by atoms with van der Waals surface area (Å²) in [4.78, 5) is 27.1. The summed E-state index contributed by atoms with van der Waals surface area (Å²) in [5.41, 5.74) is 1.43. The summed E-state index contributed by atoms with van der Waals surface area (Å²) in [6.07, 6.45) is 0.878. The van der Waals surface area contributed by atoms with Crippen molar-refractivity contribution in [1.82, 2.24) is 10.2 Å². The minimum absolute atomic E-state index is 0.0614. The van der Waals surface area contributed by atoms with Crippen molar-refractivity contribution in [3.05, 3.63) is 68.7 Å². The zero-order valence-corrected chi connectivity index (χ0v) is 18.1. The molecule has 2 aromatic rings. The lowest BCUT2D eigenvalue weighted by Gasteiger charge is -2.29. The maximum atomic E-state index is 13.1. The summed E-state index contributed by atoms with van der Waals surface area (Å²) in [6, 6.07) is 11.6. The van der Waals surface area contributed by atoms with E-state index in [1.54, 1.807) is 31.2 Å². The number of hydrogen-bond acceptors (Lipinski definition) is 2. The molecule has 2 aromatic carbocycles. The highest BCUT2D eigenvalue weighted by Crippen LogP contribution is 2.24. The number of halogens is 3. The third-order valence-corrected chi connectivity index (χ3v) is 5.33. The number of rotatable bonds is 8. The molecule has 0 aliphatic heterocycles. The lowest BCUT2D eigenvalue weighted by Crippen LogP contribution is -2.48. The van der Waals surface area contributed by atoms with Crippen molar-refractivity contribution in [2.75, 3.05) is 6.54 Å². The smallest absolute Gasteiger partial charge is 0.242 e. The van der Waals surface area contributed by atoms with Crippen molar-refractivity contribution in [3.8, 4) is 0 Å². The number of carbonyl (C=O) groups is 2. The van der Waals surface area contributed by atoms with Crippen LogP contribution in [0.25, 0.3) is 0 Å². The highest BCUT2D eigenvalue weighted by atomic mass is 35.5. The molecule has 0 unspecified atom stereocenters. The fraction of sp³-hybridized carbons (Fsp3) is 0.333. The molecule has 28 heavy (non-hydrogen) atoms. The minimum Gasteiger partial charge on any atom is -0.354 e. The second-order valence-corrected chi connectivity index (χ2v) is 7.74. The molecule has 0 aliphatic carbocycles. The van der Waals surface area contributed by atoms with Crippen LogP contribution >= 0.6 is 34.8 Å². The van der Waals surface area contributed by atoms with Crippen LogP contribution in [-0.4, -0.2) is 29.3 Å². The van der Waals surface area contributed by atoms with Crippen LogP contribution in [-0.2, 0) is 22.6 Å². The van der Waals surface area contributed by atoms with Gasteiger partial charge in [-0.2, -0.15) is 0 Å². The van der Waals surface area contributed by atoms with Crippen molar-refractivity contribution in [2.24, 2.45) is 0 Å². The average molecular weight is 442 g/mol. The van der Waals surface area contributed by atoms with E-state index in [4.69, 9.17) is 34.8 Å². The Bertz CT molecular complexity index is 842. The number of carbonyl (C=O) groups excluding carboxylic acids is 2. The molecular formula is C21H23Cl3N2O2. The molecule has 0 bridgehead atoms. The van der Waals surface area contributed by atoms with Crippen LogP contribution in [0, 0.1) is 0 Å². The number of nitrogens with one attached hydrogen (secondary N) is 1. The quantitative estimate of drug-likeness (QED) is 0.617. The lowest BCUT2D eigenvalue weighted by atomic mass is 10.1. The van der Waals surface area contributed by atoms with E-state index in [2.05, 4.69) is 5.32 Å². The van der Waals surface area contributed by atoms with Crippen molar-refractivity contribution < 1.29 is 9.59 Å². The summed E-state index contributed by atoms with van der Waals surface area (Å²) in [6.45, 7) is 4.47. The van der Waals surface area contributed by atoms with E-state index in [-0.39, 0.29) is 24.8 Å². The fourth-order valence-electron chi connectivity index (χ4n) is 2.72. The molecule has 2 amide bonds. The van der Waals surface area contributed by atoms with Gasteiger partial charge in [0, 0.05) is 28.2 Å². The molecule has 4 nitrogen and oxygen atoms in total. The molecule has 0 aromatic heterocycles. The topological polar surface area (TPSA) is 49.4 Å². The van der Waals surface area contributed by atoms with Gasteiger partial charge in [0.05, 0.1) is 6.42 Å². The summed E-state index contributed by atoms with van der Waals surface area (Å²) in [5.74, 6) is -0.423. The van der Waals surface area contributed by atoms with E-state index in [1.165, 1.54) is 4.90 Å². The van der Waals surface area contributed by atoms with Gasteiger partial charge in [0.2, 0.25) is 11.8 Å². The van der Waals surface area contributed by atoms with Crippen LogP contribution in [0.5, 0.6) is 0 Å². The van der Waals surface area contributed by atoms with Gasteiger partial charge in [-0.25, -0.2) is 0 Å². The van der Waals surface area contributed by atoms with Crippen molar-refractivity contribution in [3.63, 3.8) is 0 Å². The molecular weight excluding hydrogens is 419 g/mol. The van der Waals surface area contributed by atoms with Crippen LogP contribution < -0.4 is 5.32 Å². The van der Waals surface area contributed by atoms with Gasteiger partial charge in [0.1, 0.15) is 6.04 Å². The van der Waals surface area contributed by atoms with E-state index in [0.29, 0.717) is 27.2 Å². The third kappa shape index (κ3) is 6.13. The second kappa shape index (κ2) is 10.7. The van der Waals surface area contributed by atoms with Crippen LogP contribution in [0.15, 0.2) is 42.5 Å². The molecule has 1 N–H and O–H groups in total. The molecule has 1 atom stereocenters. The Kier molecular flexibility index (Phi) is 8.61. The normalized spacial score (nSPS) is 11.8. The average Bonchev–Trinajstić information content (AvgIpc) is 2.67. The number of amides is 2. The maximum Gasteiger partial charge on any atom is 0.242 e. The lowest BCUT2D eigenvalue weighted by molar-refractivity contribution is -0.140. The predicted octanol–water partition coefficient (Wildman–Crippen LogP) is 5.13. The molecule has 0 aliphatic rings. The molecule has 7 heteroatoms. The molecule has 0 saturated heterocycles. The monoisotopic (exact) mass is 440 g/mol. The number of benzene rings is 2. The first-order valence-electron chi connectivity index (χ1n) is 9.08. The van der Waals surface area contributed by atoms with Crippen LogP contribution in [0.1, 0.15) is 31.4 Å². The molecule has 150 valence electrons. The minimum atomic E-state index is -0.651. The molecule has 2 rings (SSSR count). The van der Waals surface area contributed by atoms with E-state index < -0.39 is 6.04 Å². The predicted molar refractivity (Wildman–Crippen MR) is 115 cm³/mol. The Hall–Kier alpha value is -1.75. The first-order chi connectivity index (χ1) is 13.3. The van der Waals surface area contributed by atoms with E-state index >= 15 is 0 Å². The zero-order valence-electron chi connectivity index (χ0n) is 15.8. The number of hydrogen-bond donors (Lipinski definition) is 1. The fourth-order valence-corrected chi connectivity index (χ4v) is 3.39. The molecule has 0 fully saturated rings. The third-order valence-electron chi connectivity index (χ3n) is 4.37. The van der Waals surface area contributed by atoms with Crippen LogP contribution in [0.4, 0.5) is 0 Å². The highest BCUT2D eigenvalue weighted by Gasteiger charge is 2.27. The van der Waals surface area contributed by atoms with Gasteiger partial charge in [-0.3, -0.25) is 9.59 Å². The Labute approximate surface area is 180 Å². The van der Waals surface area contributed by atoms with Gasteiger partial charge in [-0.05, 0) is 42.7 Å². The molecule has 0 heterocycles. The van der Waals surface area contributed by atoms with Crippen molar-refractivity contribution >= 4 is 46.6 Å². The Morgan fingerprint density at radius 1 is 1.04 bits per heavy atom. The van der Waals surface area contributed by atoms with Crippen molar-refractivity contribution in [1.29, 1.82) is 0 Å². The van der Waals surface area contributed by atoms with Gasteiger partial charge < -0.3 is 10.2 Å².